The van der Waals surface area contributed by atoms with Crippen molar-refractivity contribution in [2.45, 2.75) is 32.7 Å². The van der Waals surface area contributed by atoms with E-state index in [1.807, 2.05) is 24.0 Å². The van der Waals surface area contributed by atoms with Crippen LogP contribution in [0.4, 0.5) is 11.8 Å². The van der Waals surface area contributed by atoms with Crippen LogP contribution in [0.5, 0.6) is 5.75 Å². The second-order valence-corrected chi connectivity index (χ2v) is 7.22. The summed E-state index contributed by atoms with van der Waals surface area (Å²) in [6.45, 7) is 4.86. The molecule has 2 aromatic heterocycles. The molecular formula is C20H26N6O2. The van der Waals surface area contributed by atoms with Crippen molar-refractivity contribution < 1.29 is 9.53 Å². The van der Waals surface area contributed by atoms with Gasteiger partial charge in [0, 0.05) is 50.9 Å². The Balaban J connectivity index is 1.73. The lowest BCUT2D eigenvalue weighted by Crippen LogP contribution is -2.36. The number of aryl methyl sites for hydroxylation is 1. The van der Waals surface area contributed by atoms with E-state index in [-0.39, 0.29) is 5.91 Å². The number of carbonyl (C=O) groups excluding carboxylic acids is 1. The van der Waals surface area contributed by atoms with E-state index in [0.29, 0.717) is 18.2 Å². The predicted molar refractivity (Wildman–Crippen MR) is 107 cm³/mol. The number of rotatable bonds is 4. The number of methoxy groups -OCH3 is 1. The van der Waals surface area contributed by atoms with Crippen molar-refractivity contribution >= 4 is 17.7 Å². The van der Waals surface area contributed by atoms with Gasteiger partial charge in [0.1, 0.15) is 5.69 Å². The SMILES string of the molecule is CNc1nc2c(c(C(=O)N3CCCC3)n1)CN(c1nc(C)ccc1OC)CC2. The molecular weight excluding hydrogens is 356 g/mol. The van der Waals surface area contributed by atoms with E-state index < -0.39 is 0 Å². The minimum atomic E-state index is -0.00123. The number of ether oxygens (including phenoxy) is 1. The lowest BCUT2D eigenvalue weighted by Gasteiger charge is -2.31. The lowest BCUT2D eigenvalue weighted by molar-refractivity contribution is 0.0785. The van der Waals surface area contributed by atoms with Crippen LogP contribution in [-0.2, 0) is 13.0 Å². The van der Waals surface area contributed by atoms with Gasteiger partial charge in [0.2, 0.25) is 5.95 Å². The first-order valence-corrected chi connectivity index (χ1v) is 9.74. The molecule has 0 unspecified atom stereocenters. The fourth-order valence-corrected chi connectivity index (χ4v) is 3.87. The molecule has 0 bridgehead atoms. The molecule has 4 heterocycles. The molecule has 4 rings (SSSR count). The van der Waals surface area contributed by atoms with Crippen molar-refractivity contribution in [2.75, 3.05) is 44.0 Å². The third-order valence-corrected chi connectivity index (χ3v) is 5.38. The van der Waals surface area contributed by atoms with Gasteiger partial charge >= 0.3 is 0 Å². The Morgan fingerprint density at radius 3 is 2.64 bits per heavy atom. The van der Waals surface area contributed by atoms with E-state index in [9.17, 15) is 4.79 Å². The molecule has 0 aromatic carbocycles. The maximum atomic E-state index is 13.2. The molecule has 2 aliphatic rings. The summed E-state index contributed by atoms with van der Waals surface area (Å²) in [4.78, 5) is 31.0. The maximum absolute atomic E-state index is 13.2. The zero-order valence-electron chi connectivity index (χ0n) is 16.7. The number of anilines is 2. The molecule has 8 nitrogen and oxygen atoms in total. The summed E-state index contributed by atoms with van der Waals surface area (Å²) < 4.78 is 5.52. The average Bonchev–Trinajstić information content (AvgIpc) is 3.27. The Labute approximate surface area is 164 Å². The lowest BCUT2D eigenvalue weighted by atomic mass is 10.0. The molecule has 1 amide bonds. The number of pyridine rings is 1. The van der Waals surface area contributed by atoms with Crippen molar-refractivity contribution in [2.24, 2.45) is 0 Å². The third kappa shape index (κ3) is 3.34. The Hall–Kier alpha value is -2.90. The Morgan fingerprint density at radius 2 is 1.93 bits per heavy atom. The van der Waals surface area contributed by atoms with Gasteiger partial charge in [-0.15, -0.1) is 0 Å². The summed E-state index contributed by atoms with van der Waals surface area (Å²) in [5, 5.41) is 2.99. The largest absolute Gasteiger partial charge is 0.493 e. The van der Waals surface area contributed by atoms with Crippen LogP contribution in [0, 0.1) is 6.92 Å². The van der Waals surface area contributed by atoms with Crippen LogP contribution in [0.3, 0.4) is 0 Å². The number of amides is 1. The summed E-state index contributed by atoms with van der Waals surface area (Å²) in [6, 6.07) is 3.87. The van der Waals surface area contributed by atoms with Crippen LogP contribution in [0.2, 0.25) is 0 Å². The van der Waals surface area contributed by atoms with Crippen molar-refractivity contribution in [1.82, 2.24) is 19.9 Å². The highest BCUT2D eigenvalue weighted by Crippen LogP contribution is 2.32. The molecule has 0 radical (unpaired) electrons. The number of aromatic nitrogens is 3. The van der Waals surface area contributed by atoms with Gasteiger partial charge in [-0.2, -0.15) is 0 Å². The van der Waals surface area contributed by atoms with Crippen molar-refractivity contribution in [3.63, 3.8) is 0 Å². The van der Waals surface area contributed by atoms with Gasteiger partial charge in [-0.1, -0.05) is 0 Å². The predicted octanol–water partition coefficient (Wildman–Crippen LogP) is 2.03. The van der Waals surface area contributed by atoms with E-state index in [4.69, 9.17) is 4.74 Å². The van der Waals surface area contributed by atoms with E-state index in [1.54, 1.807) is 14.2 Å². The molecule has 0 spiro atoms. The van der Waals surface area contributed by atoms with Gasteiger partial charge in [-0.25, -0.2) is 15.0 Å². The van der Waals surface area contributed by atoms with E-state index in [1.165, 1.54) is 0 Å². The topological polar surface area (TPSA) is 83.5 Å². The highest BCUT2D eigenvalue weighted by atomic mass is 16.5. The number of hydrogen-bond acceptors (Lipinski definition) is 7. The minimum Gasteiger partial charge on any atom is -0.493 e. The van der Waals surface area contributed by atoms with Crippen LogP contribution in [0.1, 0.15) is 40.3 Å². The highest BCUT2D eigenvalue weighted by molar-refractivity contribution is 5.94. The molecule has 0 saturated carbocycles. The zero-order valence-corrected chi connectivity index (χ0v) is 16.7. The van der Waals surface area contributed by atoms with Crippen LogP contribution in [0.25, 0.3) is 0 Å². The Bertz CT molecular complexity index is 895. The fourth-order valence-electron chi connectivity index (χ4n) is 3.87. The highest BCUT2D eigenvalue weighted by Gasteiger charge is 2.30. The summed E-state index contributed by atoms with van der Waals surface area (Å²) in [7, 11) is 3.43. The van der Waals surface area contributed by atoms with Crippen LogP contribution < -0.4 is 15.0 Å². The van der Waals surface area contributed by atoms with Crippen LogP contribution in [0.15, 0.2) is 12.1 Å². The first kappa shape index (κ1) is 18.5. The molecule has 2 aliphatic heterocycles. The second kappa shape index (κ2) is 7.61. The number of hydrogen-bond donors (Lipinski definition) is 1. The standard InChI is InChI=1S/C20H26N6O2/c1-13-6-7-16(28-3)18(22-13)26-11-8-15-14(12-26)17(24-20(21-2)23-15)19(27)25-9-4-5-10-25/h6-7H,4-5,8-12H2,1-3H3,(H,21,23,24). The maximum Gasteiger partial charge on any atom is 0.273 e. The smallest absolute Gasteiger partial charge is 0.273 e. The van der Waals surface area contributed by atoms with Gasteiger partial charge in [-0.05, 0) is 31.9 Å². The summed E-state index contributed by atoms with van der Waals surface area (Å²) >= 11 is 0. The molecule has 1 fully saturated rings. The first-order chi connectivity index (χ1) is 13.6. The van der Waals surface area contributed by atoms with Gasteiger partial charge in [-0.3, -0.25) is 4.79 Å². The number of carbonyl (C=O) groups is 1. The minimum absolute atomic E-state index is 0.00123. The zero-order chi connectivity index (χ0) is 19.7. The molecule has 2 aromatic rings. The van der Waals surface area contributed by atoms with E-state index in [0.717, 1.165) is 67.4 Å². The molecule has 0 aliphatic carbocycles. The molecule has 1 N–H and O–H groups in total. The van der Waals surface area contributed by atoms with E-state index in [2.05, 4.69) is 25.2 Å². The molecule has 148 valence electrons. The average molecular weight is 382 g/mol. The van der Waals surface area contributed by atoms with Crippen molar-refractivity contribution in [1.29, 1.82) is 0 Å². The van der Waals surface area contributed by atoms with Crippen LogP contribution in [-0.4, -0.2) is 59.6 Å². The monoisotopic (exact) mass is 382 g/mol. The van der Waals surface area contributed by atoms with E-state index >= 15 is 0 Å². The molecule has 1 saturated heterocycles. The number of nitrogens with one attached hydrogen (secondary N) is 1. The fraction of sp³-hybridized carbons (Fsp3) is 0.500. The van der Waals surface area contributed by atoms with Gasteiger partial charge < -0.3 is 19.9 Å². The number of likely N-dealkylation sites (tertiary alicyclic amines) is 1. The van der Waals surface area contributed by atoms with Gasteiger partial charge in [0.05, 0.1) is 12.8 Å². The summed E-state index contributed by atoms with van der Waals surface area (Å²) in [6.07, 6.45) is 2.83. The molecule has 28 heavy (non-hydrogen) atoms. The molecule has 0 atom stereocenters. The van der Waals surface area contributed by atoms with Crippen molar-refractivity contribution in [3.05, 3.63) is 34.8 Å². The second-order valence-electron chi connectivity index (χ2n) is 7.22. The van der Waals surface area contributed by atoms with Gasteiger partial charge in [0.25, 0.3) is 5.91 Å². The Kier molecular flexibility index (Phi) is 5.02. The summed E-state index contributed by atoms with van der Waals surface area (Å²) in [5.41, 5.74) is 3.27. The first-order valence-electron chi connectivity index (χ1n) is 9.74. The quantitative estimate of drug-likeness (QED) is 0.866. The molecule has 8 heteroatoms. The third-order valence-electron chi connectivity index (χ3n) is 5.38. The number of fused-ring (bicyclic) bond motifs is 1. The normalized spacial score (nSPS) is 16.1. The summed E-state index contributed by atoms with van der Waals surface area (Å²) in [5.74, 6) is 2.03. The Morgan fingerprint density at radius 1 is 1.14 bits per heavy atom. The van der Waals surface area contributed by atoms with Gasteiger partial charge in [0.15, 0.2) is 11.6 Å². The number of nitrogens with zero attached hydrogens (tertiary/aromatic N) is 5. The van der Waals surface area contributed by atoms with Crippen LogP contribution >= 0.6 is 0 Å². The van der Waals surface area contributed by atoms with Crippen molar-refractivity contribution in [3.8, 4) is 5.75 Å².